The lowest BCUT2D eigenvalue weighted by molar-refractivity contribution is -0.0207. The first-order chi connectivity index (χ1) is 21.2. The molecule has 2 atom stereocenters. The Labute approximate surface area is 255 Å². The summed E-state index contributed by atoms with van der Waals surface area (Å²) in [6.45, 7) is 2.90. The van der Waals surface area contributed by atoms with Crippen LogP contribution in [-0.4, -0.2) is 57.8 Å². The van der Waals surface area contributed by atoms with E-state index in [-0.39, 0.29) is 23.5 Å². The van der Waals surface area contributed by atoms with Crippen LogP contribution in [0.2, 0.25) is 0 Å². The molecule has 1 saturated heterocycles. The van der Waals surface area contributed by atoms with E-state index >= 15 is 0 Å². The van der Waals surface area contributed by atoms with Gasteiger partial charge in [0.1, 0.15) is 11.6 Å². The van der Waals surface area contributed by atoms with E-state index in [1.165, 1.54) is 0 Å². The number of nitrogens with zero attached hydrogens (tertiary/aromatic N) is 1. The Morgan fingerprint density at radius 2 is 1.61 bits per heavy atom. The molecule has 0 aromatic heterocycles. The topological polar surface area (TPSA) is 95.9 Å². The number of hydrogen-bond donors (Lipinski definition) is 1. The summed E-state index contributed by atoms with van der Waals surface area (Å²) < 4.78 is 61.7. The molecule has 1 N–H and O–H groups in total. The molecule has 236 valence electrons. The number of amides is 1. The minimum atomic E-state index is -1.07. The van der Waals surface area contributed by atoms with E-state index in [2.05, 4.69) is 0 Å². The molecule has 1 amide bonds. The number of allylic oxidation sites excluding steroid dienone is 1. The van der Waals surface area contributed by atoms with Gasteiger partial charge in [-0.25, -0.2) is 8.78 Å². The highest BCUT2D eigenvalue weighted by Gasteiger charge is 2.31. The van der Waals surface area contributed by atoms with Crippen LogP contribution in [0.5, 0.6) is 28.7 Å². The molecule has 9 nitrogen and oxygen atoms in total. The van der Waals surface area contributed by atoms with Crippen LogP contribution < -0.4 is 23.7 Å². The summed E-state index contributed by atoms with van der Waals surface area (Å²) >= 11 is 0. The number of hydroxylamine groups is 2. The normalized spacial score (nSPS) is 16.2. The first-order valence-corrected chi connectivity index (χ1v) is 14.1. The predicted octanol–water partition coefficient (Wildman–Crippen LogP) is 6.62. The lowest BCUT2D eigenvalue weighted by Crippen LogP contribution is -2.22. The molecule has 2 unspecified atom stereocenters. The van der Waals surface area contributed by atoms with Gasteiger partial charge in [0.25, 0.3) is 5.91 Å². The van der Waals surface area contributed by atoms with E-state index in [1.54, 1.807) is 34.5 Å². The maximum absolute atomic E-state index is 14.1. The van der Waals surface area contributed by atoms with Gasteiger partial charge in [0.05, 0.1) is 53.3 Å². The SMILES string of the molecule is CCCOc1c(C/C=C/N(O)C(=O)c2ccc(F)cc2F)cc(C2COC(c3cc(OC)c(OC)c(OC)c3)C2)cc1OC. The fraction of sp³-hybridized carbons (Fsp3) is 0.364. The first kappa shape index (κ1) is 32.6. The van der Waals surface area contributed by atoms with E-state index in [9.17, 15) is 18.8 Å². The number of carbonyl (C=O) groups excluding carboxylic acids is 1. The predicted molar refractivity (Wildman–Crippen MR) is 158 cm³/mol. The lowest BCUT2D eigenvalue weighted by Gasteiger charge is -2.19. The molecule has 11 heteroatoms. The Bertz CT molecular complexity index is 1470. The summed E-state index contributed by atoms with van der Waals surface area (Å²) in [6, 6.07) is 10.2. The summed E-state index contributed by atoms with van der Waals surface area (Å²) in [7, 11) is 6.25. The second-order valence-electron chi connectivity index (χ2n) is 10.1. The van der Waals surface area contributed by atoms with Crippen molar-refractivity contribution in [3.05, 3.63) is 88.6 Å². The molecule has 0 radical (unpaired) electrons. The van der Waals surface area contributed by atoms with Crippen molar-refractivity contribution in [1.82, 2.24) is 5.06 Å². The molecule has 3 aromatic rings. The highest BCUT2D eigenvalue weighted by molar-refractivity contribution is 5.94. The Morgan fingerprint density at radius 3 is 2.23 bits per heavy atom. The standard InChI is InChI=1S/C33H37F2NO8/c1-6-12-43-31-20(8-7-11-36(38)33(37)25-10-9-24(34)18-26(25)35)13-21(14-28(31)39-2)23-17-27(44-19-23)22-15-29(40-3)32(42-5)30(16-22)41-4/h7,9-11,13-16,18,23,27,38H,6,8,12,17,19H2,1-5H3/b11-7+. The Kier molecular flexibility index (Phi) is 11.0. The number of carbonyl (C=O) groups is 1. The van der Waals surface area contributed by atoms with E-state index in [4.69, 9.17) is 28.4 Å². The van der Waals surface area contributed by atoms with Crippen molar-refractivity contribution < 1.29 is 47.2 Å². The molecule has 1 heterocycles. The van der Waals surface area contributed by atoms with Gasteiger partial charge in [-0.2, -0.15) is 5.06 Å². The maximum Gasteiger partial charge on any atom is 0.284 e. The third-order valence-electron chi connectivity index (χ3n) is 7.31. The van der Waals surface area contributed by atoms with Crippen LogP contribution in [0, 0.1) is 11.6 Å². The fourth-order valence-electron chi connectivity index (χ4n) is 5.10. The average molecular weight is 614 g/mol. The number of benzene rings is 3. The highest BCUT2D eigenvalue weighted by atomic mass is 19.1. The molecule has 1 fully saturated rings. The van der Waals surface area contributed by atoms with Crippen molar-refractivity contribution in [1.29, 1.82) is 0 Å². The minimum absolute atomic E-state index is 0.0216. The highest BCUT2D eigenvalue weighted by Crippen LogP contribution is 2.46. The number of hydrogen-bond acceptors (Lipinski definition) is 8. The van der Waals surface area contributed by atoms with Gasteiger partial charge in [-0.3, -0.25) is 10.0 Å². The van der Waals surface area contributed by atoms with Crippen LogP contribution in [0.1, 0.15) is 58.8 Å². The molecule has 3 aromatic carbocycles. The van der Waals surface area contributed by atoms with Crippen molar-refractivity contribution >= 4 is 5.91 Å². The first-order valence-electron chi connectivity index (χ1n) is 14.1. The van der Waals surface area contributed by atoms with E-state index in [0.29, 0.717) is 54.4 Å². The van der Waals surface area contributed by atoms with Crippen molar-refractivity contribution in [2.75, 3.05) is 41.7 Å². The summed E-state index contributed by atoms with van der Waals surface area (Å²) in [5, 5.41) is 10.5. The van der Waals surface area contributed by atoms with Crippen molar-refractivity contribution in [2.24, 2.45) is 0 Å². The van der Waals surface area contributed by atoms with Crippen LogP contribution in [-0.2, 0) is 11.2 Å². The van der Waals surface area contributed by atoms with Gasteiger partial charge in [0.15, 0.2) is 23.0 Å². The van der Waals surface area contributed by atoms with Crippen LogP contribution in [0.25, 0.3) is 0 Å². The molecule has 0 bridgehead atoms. The zero-order chi connectivity index (χ0) is 31.8. The summed E-state index contributed by atoms with van der Waals surface area (Å²) in [4.78, 5) is 12.5. The lowest BCUT2D eigenvalue weighted by atomic mass is 9.91. The molecular formula is C33H37F2NO8. The molecule has 0 aliphatic carbocycles. The van der Waals surface area contributed by atoms with Crippen LogP contribution >= 0.6 is 0 Å². The second-order valence-corrected chi connectivity index (χ2v) is 10.1. The quantitative estimate of drug-likeness (QED) is 0.170. The minimum Gasteiger partial charge on any atom is -0.493 e. The summed E-state index contributed by atoms with van der Waals surface area (Å²) in [5.41, 5.74) is 2.16. The molecule has 0 saturated carbocycles. The molecular weight excluding hydrogens is 576 g/mol. The third-order valence-corrected chi connectivity index (χ3v) is 7.31. The van der Waals surface area contributed by atoms with Crippen molar-refractivity contribution in [3.8, 4) is 28.7 Å². The Balaban J connectivity index is 1.58. The number of rotatable bonds is 13. The molecule has 1 aliphatic rings. The second kappa shape index (κ2) is 14.9. The van der Waals surface area contributed by atoms with Crippen LogP contribution in [0.15, 0.2) is 54.7 Å². The van der Waals surface area contributed by atoms with Gasteiger partial charge in [-0.1, -0.05) is 19.1 Å². The smallest absolute Gasteiger partial charge is 0.284 e. The number of halogens is 2. The van der Waals surface area contributed by atoms with Gasteiger partial charge in [-0.05, 0) is 60.7 Å². The van der Waals surface area contributed by atoms with Gasteiger partial charge in [0.2, 0.25) is 5.75 Å². The maximum atomic E-state index is 14.1. The van der Waals surface area contributed by atoms with Gasteiger partial charge in [-0.15, -0.1) is 0 Å². The van der Waals surface area contributed by atoms with E-state index in [1.807, 2.05) is 31.2 Å². The summed E-state index contributed by atoms with van der Waals surface area (Å²) in [5.74, 6) is -0.231. The molecule has 1 aliphatic heterocycles. The zero-order valence-electron chi connectivity index (χ0n) is 25.4. The molecule has 44 heavy (non-hydrogen) atoms. The summed E-state index contributed by atoms with van der Waals surface area (Å²) in [6.07, 6.45) is 4.14. The Morgan fingerprint density at radius 1 is 0.955 bits per heavy atom. The van der Waals surface area contributed by atoms with Gasteiger partial charge in [0, 0.05) is 23.7 Å². The van der Waals surface area contributed by atoms with Crippen molar-refractivity contribution in [2.45, 2.75) is 38.2 Å². The largest absolute Gasteiger partial charge is 0.493 e. The molecule has 4 rings (SSSR count). The van der Waals surface area contributed by atoms with E-state index < -0.39 is 23.1 Å². The third kappa shape index (κ3) is 7.23. The van der Waals surface area contributed by atoms with Gasteiger partial charge < -0.3 is 28.4 Å². The number of ether oxygens (including phenoxy) is 6. The Hall–Kier alpha value is -4.35. The van der Waals surface area contributed by atoms with Crippen molar-refractivity contribution in [3.63, 3.8) is 0 Å². The fourth-order valence-corrected chi connectivity index (χ4v) is 5.10. The number of methoxy groups -OCH3 is 4. The van der Waals surface area contributed by atoms with Crippen LogP contribution in [0.4, 0.5) is 8.78 Å². The van der Waals surface area contributed by atoms with Gasteiger partial charge >= 0.3 is 0 Å². The zero-order valence-corrected chi connectivity index (χ0v) is 25.4. The molecule has 0 spiro atoms. The van der Waals surface area contributed by atoms with E-state index in [0.717, 1.165) is 41.4 Å². The average Bonchev–Trinajstić information content (AvgIpc) is 3.53. The monoisotopic (exact) mass is 613 g/mol. The van der Waals surface area contributed by atoms with Crippen LogP contribution in [0.3, 0.4) is 0 Å².